The van der Waals surface area contributed by atoms with Gasteiger partial charge in [0.05, 0.1) is 23.9 Å². The first-order valence-electron chi connectivity index (χ1n) is 15.7. The number of allylic oxidation sites excluding steroid dienone is 1. The number of hydrogen-bond donors (Lipinski definition) is 1. The van der Waals surface area contributed by atoms with E-state index in [1.807, 2.05) is 40.0 Å². The first-order valence-corrected chi connectivity index (χ1v) is 15.7. The third-order valence-corrected chi connectivity index (χ3v) is 8.42. The van der Waals surface area contributed by atoms with Gasteiger partial charge in [0.1, 0.15) is 18.2 Å². The molecule has 3 heterocycles. The van der Waals surface area contributed by atoms with Gasteiger partial charge < -0.3 is 24.4 Å². The van der Waals surface area contributed by atoms with Gasteiger partial charge in [-0.1, -0.05) is 31.7 Å². The molecule has 1 unspecified atom stereocenters. The Kier molecular flexibility index (Phi) is 10.9. The van der Waals surface area contributed by atoms with E-state index in [9.17, 15) is 14.0 Å². The average molecular weight is 635 g/mol. The van der Waals surface area contributed by atoms with Crippen molar-refractivity contribution in [1.82, 2.24) is 14.9 Å². The lowest BCUT2D eigenvalue weighted by Gasteiger charge is -2.42. The number of benzene rings is 1. The summed E-state index contributed by atoms with van der Waals surface area (Å²) >= 11 is 0. The van der Waals surface area contributed by atoms with Crippen molar-refractivity contribution in [2.24, 2.45) is 5.41 Å². The number of pyridine rings is 1. The second-order valence-electron chi connectivity index (χ2n) is 13.2. The second kappa shape index (κ2) is 14.5. The molecule has 0 aliphatic carbocycles. The largest absolute Gasteiger partial charge is 0.489 e. The van der Waals surface area contributed by atoms with Crippen LogP contribution < -0.4 is 15.0 Å². The summed E-state index contributed by atoms with van der Waals surface area (Å²) in [5.74, 6) is -1.01. The smallest absolute Gasteiger partial charge is 0.339 e. The molecule has 1 fully saturated rings. The van der Waals surface area contributed by atoms with E-state index in [0.717, 1.165) is 50.0 Å². The van der Waals surface area contributed by atoms with Gasteiger partial charge in [-0.25, -0.2) is 13.7 Å². The van der Waals surface area contributed by atoms with Crippen molar-refractivity contribution in [3.63, 3.8) is 0 Å². The molecule has 0 spiro atoms. The number of nitrogens with one attached hydrogen (secondary N) is 1. The third-order valence-electron chi connectivity index (χ3n) is 8.42. The molecule has 2 aromatic heterocycles. The van der Waals surface area contributed by atoms with Gasteiger partial charge in [0, 0.05) is 43.0 Å². The van der Waals surface area contributed by atoms with Crippen molar-refractivity contribution in [3.8, 4) is 5.75 Å². The highest BCUT2D eigenvalue weighted by molar-refractivity contribution is 5.95. The van der Waals surface area contributed by atoms with E-state index in [1.165, 1.54) is 19.2 Å². The number of nitrogens with zero attached hydrogens (tertiary/aromatic N) is 3. The molecule has 46 heavy (non-hydrogen) atoms. The zero-order chi connectivity index (χ0) is 33.6. The lowest BCUT2D eigenvalue weighted by Crippen LogP contribution is -2.40. The SMILES string of the molecule is C=CCCC1(C)CCN(c2c(C(OC(C)(C)C)C(=O)OC)c(C)cn3nc(C(=O)NCc4ccc(F)cc4OCC=C)cc23)CC1. The van der Waals surface area contributed by atoms with Crippen LogP contribution in [0.1, 0.15) is 86.7 Å². The molecule has 0 radical (unpaired) electrons. The van der Waals surface area contributed by atoms with Crippen LogP contribution in [0.3, 0.4) is 0 Å². The molecule has 4 rings (SSSR count). The fourth-order valence-corrected chi connectivity index (χ4v) is 5.90. The molecule has 1 aliphatic rings. The highest BCUT2D eigenvalue weighted by Crippen LogP contribution is 2.43. The number of aromatic nitrogens is 2. The van der Waals surface area contributed by atoms with E-state index in [2.05, 4.69) is 35.4 Å². The van der Waals surface area contributed by atoms with Gasteiger partial charge in [0.15, 0.2) is 11.8 Å². The van der Waals surface area contributed by atoms with E-state index < -0.39 is 29.4 Å². The molecular formula is C36H47FN4O5. The number of anilines is 1. The number of carbonyl (C=O) groups excluding carboxylic acids is 2. The van der Waals surface area contributed by atoms with Crippen LogP contribution in [0.5, 0.6) is 5.75 Å². The van der Waals surface area contributed by atoms with Crippen LogP contribution in [0.15, 0.2) is 55.8 Å². The molecule has 1 saturated heterocycles. The molecule has 1 aromatic carbocycles. The van der Waals surface area contributed by atoms with Crippen molar-refractivity contribution in [2.45, 2.75) is 78.6 Å². The average Bonchev–Trinajstić information content (AvgIpc) is 3.44. The first-order chi connectivity index (χ1) is 21.8. The quantitative estimate of drug-likeness (QED) is 0.162. The monoisotopic (exact) mass is 634 g/mol. The van der Waals surface area contributed by atoms with Crippen LogP contribution in [0.2, 0.25) is 0 Å². The molecular weight excluding hydrogens is 587 g/mol. The molecule has 248 valence electrons. The summed E-state index contributed by atoms with van der Waals surface area (Å²) in [5.41, 5.74) is 3.33. The molecule has 1 amide bonds. The summed E-state index contributed by atoms with van der Waals surface area (Å²) in [6.45, 7) is 19.3. The topological polar surface area (TPSA) is 94.4 Å². The lowest BCUT2D eigenvalue weighted by atomic mass is 9.76. The fourth-order valence-electron chi connectivity index (χ4n) is 5.90. The maximum atomic E-state index is 13.9. The van der Waals surface area contributed by atoms with Gasteiger partial charge in [0.2, 0.25) is 0 Å². The van der Waals surface area contributed by atoms with Gasteiger partial charge >= 0.3 is 5.97 Å². The molecule has 9 nitrogen and oxygen atoms in total. The highest BCUT2D eigenvalue weighted by Gasteiger charge is 2.37. The van der Waals surface area contributed by atoms with Gasteiger partial charge in [-0.3, -0.25) is 4.79 Å². The molecule has 10 heteroatoms. The Bertz CT molecular complexity index is 1580. The van der Waals surface area contributed by atoms with Crippen molar-refractivity contribution >= 4 is 23.1 Å². The summed E-state index contributed by atoms with van der Waals surface area (Å²) in [6.07, 6.45) is 8.29. The summed E-state index contributed by atoms with van der Waals surface area (Å²) in [5, 5.41) is 7.53. The van der Waals surface area contributed by atoms with Gasteiger partial charge in [-0.2, -0.15) is 5.10 Å². The van der Waals surface area contributed by atoms with Crippen molar-refractivity contribution < 1.29 is 28.2 Å². The normalized spacial score (nSPS) is 15.3. The van der Waals surface area contributed by atoms with E-state index >= 15 is 0 Å². The number of methoxy groups -OCH3 is 1. The maximum absolute atomic E-state index is 13.9. The van der Waals surface area contributed by atoms with Crippen LogP contribution in [-0.2, 0) is 20.8 Å². The van der Waals surface area contributed by atoms with E-state index in [-0.39, 0.29) is 24.3 Å². The first kappa shape index (κ1) is 34.7. The maximum Gasteiger partial charge on any atom is 0.339 e. The van der Waals surface area contributed by atoms with Gasteiger partial charge in [-0.15, -0.1) is 6.58 Å². The Morgan fingerprint density at radius 2 is 1.89 bits per heavy atom. The number of carbonyl (C=O) groups is 2. The third kappa shape index (κ3) is 8.15. The highest BCUT2D eigenvalue weighted by atomic mass is 19.1. The minimum absolute atomic E-state index is 0.107. The number of piperidine rings is 1. The molecule has 1 atom stereocenters. The number of fused-ring (bicyclic) bond motifs is 1. The second-order valence-corrected chi connectivity index (χ2v) is 13.2. The molecule has 0 saturated carbocycles. The summed E-state index contributed by atoms with van der Waals surface area (Å²) in [6, 6.07) is 5.92. The predicted molar refractivity (Wildman–Crippen MR) is 178 cm³/mol. The standard InChI is InChI=1S/C36H47FN4O5/c1-9-11-14-36(7)15-17-40(18-16-36)31-28-21-27(33(42)38-22-25-12-13-26(37)20-29(25)45-19-10-2)39-41(28)23-24(3)30(31)32(34(43)44-8)46-35(4,5)6/h9-10,12-13,20-21,23,32H,1-2,11,14-19,22H2,3-8H3,(H,38,42). The molecule has 0 bridgehead atoms. The number of rotatable bonds is 13. The minimum Gasteiger partial charge on any atom is -0.489 e. The fraction of sp³-hybridized carbons (Fsp3) is 0.472. The van der Waals surface area contributed by atoms with Gasteiger partial charge in [0.25, 0.3) is 5.91 Å². The van der Waals surface area contributed by atoms with Crippen molar-refractivity contribution in [2.75, 3.05) is 31.7 Å². The number of esters is 1. The van der Waals surface area contributed by atoms with E-state index in [4.69, 9.17) is 14.2 Å². The van der Waals surface area contributed by atoms with Crippen molar-refractivity contribution in [1.29, 1.82) is 0 Å². The number of aryl methyl sites for hydroxylation is 1. The van der Waals surface area contributed by atoms with E-state index in [1.54, 1.807) is 22.7 Å². The number of halogens is 1. The Labute approximate surface area is 271 Å². The van der Waals surface area contributed by atoms with E-state index in [0.29, 0.717) is 22.4 Å². The zero-order valence-corrected chi connectivity index (χ0v) is 28.0. The minimum atomic E-state index is -0.987. The van der Waals surface area contributed by atoms with Crippen LogP contribution in [0, 0.1) is 18.2 Å². The Hall–Kier alpha value is -4.18. The molecule has 3 aromatic rings. The Morgan fingerprint density at radius 1 is 1.17 bits per heavy atom. The van der Waals surface area contributed by atoms with Crippen LogP contribution in [-0.4, -0.2) is 53.9 Å². The lowest BCUT2D eigenvalue weighted by molar-refractivity contribution is -0.164. The van der Waals surface area contributed by atoms with Crippen LogP contribution in [0.4, 0.5) is 10.1 Å². The summed E-state index contributed by atoms with van der Waals surface area (Å²) in [7, 11) is 1.36. The zero-order valence-electron chi connectivity index (χ0n) is 28.0. The van der Waals surface area contributed by atoms with Gasteiger partial charge in [-0.05, 0) is 76.5 Å². The molecule has 1 N–H and O–H groups in total. The van der Waals surface area contributed by atoms with Crippen LogP contribution in [0.25, 0.3) is 5.52 Å². The van der Waals surface area contributed by atoms with Crippen molar-refractivity contribution in [3.05, 3.63) is 84.0 Å². The number of hydrogen-bond acceptors (Lipinski definition) is 7. The molecule has 1 aliphatic heterocycles. The summed E-state index contributed by atoms with van der Waals surface area (Å²) in [4.78, 5) is 29.0. The Morgan fingerprint density at radius 3 is 2.52 bits per heavy atom. The number of ether oxygens (including phenoxy) is 3. The number of amides is 1. The predicted octanol–water partition coefficient (Wildman–Crippen LogP) is 6.88. The van der Waals surface area contributed by atoms with Crippen LogP contribution >= 0.6 is 0 Å². The Balaban J connectivity index is 1.75. The summed E-state index contributed by atoms with van der Waals surface area (Å²) < 4.78 is 32.8.